The zero-order valence-electron chi connectivity index (χ0n) is 11.0. The maximum atomic E-state index is 4.79. The zero-order chi connectivity index (χ0) is 13.4. The third-order valence-corrected chi connectivity index (χ3v) is 5.04. The fourth-order valence-corrected chi connectivity index (χ4v) is 3.58. The van der Waals surface area contributed by atoms with Crippen LogP contribution in [0.15, 0.2) is 15.9 Å². The van der Waals surface area contributed by atoms with Crippen molar-refractivity contribution in [3.63, 3.8) is 0 Å². The number of hydrogen-bond acceptors (Lipinski definition) is 4. The van der Waals surface area contributed by atoms with Gasteiger partial charge in [-0.15, -0.1) is 11.3 Å². The van der Waals surface area contributed by atoms with Crippen molar-refractivity contribution in [1.29, 1.82) is 0 Å². The predicted molar refractivity (Wildman–Crippen MR) is 83.9 cm³/mol. The number of aromatic nitrogens is 2. The lowest BCUT2D eigenvalue weighted by Crippen LogP contribution is -2.05. The molecule has 1 fully saturated rings. The topological polar surface area (TPSA) is 37.8 Å². The Morgan fingerprint density at radius 3 is 2.79 bits per heavy atom. The van der Waals surface area contributed by atoms with Crippen LogP contribution in [0.5, 0.6) is 0 Å². The number of thiophene rings is 1. The molecule has 100 valence electrons. The number of halogens is 1. The molecule has 0 saturated heterocycles. The molecule has 1 N–H and O–H groups in total. The van der Waals surface area contributed by atoms with Crippen LogP contribution in [0.2, 0.25) is 0 Å². The number of nitrogens with zero attached hydrogens (tertiary/aromatic N) is 2. The summed E-state index contributed by atoms with van der Waals surface area (Å²) < 4.78 is 1.04. The summed E-state index contributed by atoms with van der Waals surface area (Å²) >= 11 is 5.36. The van der Waals surface area contributed by atoms with E-state index in [0.717, 1.165) is 28.4 Å². The Kier molecular flexibility index (Phi) is 3.58. The number of aryl methyl sites for hydroxylation is 1. The summed E-state index contributed by atoms with van der Waals surface area (Å²) in [6.07, 6.45) is 2.48. The van der Waals surface area contributed by atoms with Crippen LogP contribution >= 0.6 is 27.3 Å². The first kappa shape index (κ1) is 13.1. The van der Waals surface area contributed by atoms with Gasteiger partial charge in [-0.25, -0.2) is 9.97 Å². The smallest absolute Gasteiger partial charge is 0.172 e. The Morgan fingerprint density at radius 1 is 1.42 bits per heavy atom. The van der Waals surface area contributed by atoms with Crippen molar-refractivity contribution >= 4 is 33.1 Å². The highest BCUT2D eigenvalue weighted by atomic mass is 79.9. The van der Waals surface area contributed by atoms with Crippen LogP contribution in [0.4, 0.5) is 5.82 Å². The van der Waals surface area contributed by atoms with E-state index in [2.05, 4.69) is 51.5 Å². The van der Waals surface area contributed by atoms with Gasteiger partial charge in [-0.1, -0.05) is 0 Å². The molecule has 0 spiro atoms. The molecule has 0 bridgehead atoms. The molecule has 5 heteroatoms. The Labute approximate surface area is 125 Å². The lowest BCUT2D eigenvalue weighted by atomic mass is 10.2. The second kappa shape index (κ2) is 5.21. The number of nitrogens with one attached hydrogen (secondary N) is 1. The Hall–Kier alpha value is -0.940. The molecule has 2 aromatic rings. The quantitative estimate of drug-likeness (QED) is 0.886. The van der Waals surface area contributed by atoms with Gasteiger partial charge in [0, 0.05) is 12.5 Å². The third-order valence-electron chi connectivity index (χ3n) is 3.25. The van der Waals surface area contributed by atoms with Crippen molar-refractivity contribution in [2.75, 3.05) is 11.9 Å². The highest BCUT2D eigenvalue weighted by molar-refractivity contribution is 9.10. The molecule has 0 aliphatic heterocycles. The summed E-state index contributed by atoms with van der Waals surface area (Å²) in [6, 6.07) is 2.12. The van der Waals surface area contributed by atoms with Crippen LogP contribution in [0.1, 0.15) is 36.9 Å². The standard InChI is InChI=1S/C14H16BrN3S/c1-3-16-13-10(15)11(9-4-5-9)17-14(18-13)12-8(2)6-7-19-12/h6-7,9H,3-5H2,1-2H3,(H,16,17,18). The molecule has 2 heterocycles. The van der Waals surface area contributed by atoms with Crippen molar-refractivity contribution in [2.45, 2.75) is 32.6 Å². The van der Waals surface area contributed by atoms with Gasteiger partial charge >= 0.3 is 0 Å². The molecule has 1 saturated carbocycles. The van der Waals surface area contributed by atoms with Gasteiger partial charge < -0.3 is 5.32 Å². The monoisotopic (exact) mass is 337 g/mol. The maximum absolute atomic E-state index is 4.79. The Bertz CT molecular complexity index is 605. The lowest BCUT2D eigenvalue weighted by molar-refractivity contribution is 0.975. The Balaban J connectivity index is 2.12. The van der Waals surface area contributed by atoms with Crippen molar-refractivity contribution in [3.05, 3.63) is 27.2 Å². The molecule has 2 aromatic heterocycles. The van der Waals surface area contributed by atoms with Crippen molar-refractivity contribution < 1.29 is 0 Å². The van der Waals surface area contributed by atoms with Gasteiger partial charge in [-0.05, 0) is 59.6 Å². The fraction of sp³-hybridized carbons (Fsp3) is 0.429. The van der Waals surface area contributed by atoms with E-state index in [0.29, 0.717) is 5.92 Å². The van der Waals surface area contributed by atoms with E-state index in [1.165, 1.54) is 23.3 Å². The van der Waals surface area contributed by atoms with E-state index in [-0.39, 0.29) is 0 Å². The minimum atomic E-state index is 0.605. The molecule has 0 unspecified atom stereocenters. The molecule has 0 amide bonds. The van der Waals surface area contributed by atoms with E-state index in [9.17, 15) is 0 Å². The molecular formula is C14H16BrN3S. The minimum absolute atomic E-state index is 0.605. The summed E-state index contributed by atoms with van der Waals surface area (Å²) in [5.41, 5.74) is 2.41. The normalized spacial score (nSPS) is 14.7. The number of rotatable bonds is 4. The van der Waals surface area contributed by atoms with Crippen molar-refractivity contribution in [3.8, 4) is 10.7 Å². The van der Waals surface area contributed by atoms with Crippen molar-refractivity contribution in [1.82, 2.24) is 9.97 Å². The maximum Gasteiger partial charge on any atom is 0.172 e. The second-order valence-corrected chi connectivity index (χ2v) is 6.54. The molecule has 1 aliphatic carbocycles. The van der Waals surface area contributed by atoms with Gasteiger partial charge in [-0.3, -0.25) is 0 Å². The van der Waals surface area contributed by atoms with E-state index >= 15 is 0 Å². The van der Waals surface area contributed by atoms with Gasteiger partial charge in [0.2, 0.25) is 0 Å². The Morgan fingerprint density at radius 2 is 2.21 bits per heavy atom. The second-order valence-electron chi connectivity index (χ2n) is 4.83. The largest absolute Gasteiger partial charge is 0.369 e. The van der Waals surface area contributed by atoms with Gasteiger partial charge in [0.15, 0.2) is 5.82 Å². The molecule has 3 nitrogen and oxygen atoms in total. The summed E-state index contributed by atoms with van der Waals surface area (Å²) in [5.74, 6) is 2.38. The van der Waals surface area contributed by atoms with Crippen LogP contribution in [-0.4, -0.2) is 16.5 Å². The lowest BCUT2D eigenvalue weighted by Gasteiger charge is -2.11. The summed E-state index contributed by atoms with van der Waals surface area (Å²) in [5, 5.41) is 5.42. The summed E-state index contributed by atoms with van der Waals surface area (Å²) in [6.45, 7) is 5.06. The highest BCUT2D eigenvalue weighted by Crippen LogP contribution is 2.44. The van der Waals surface area contributed by atoms with Gasteiger partial charge in [0.05, 0.1) is 15.0 Å². The van der Waals surface area contributed by atoms with Crippen LogP contribution in [0.3, 0.4) is 0 Å². The van der Waals surface area contributed by atoms with Gasteiger partial charge in [0.25, 0.3) is 0 Å². The molecule has 0 atom stereocenters. The van der Waals surface area contributed by atoms with Crippen LogP contribution in [0.25, 0.3) is 10.7 Å². The molecule has 3 rings (SSSR count). The summed E-state index contributed by atoms with van der Waals surface area (Å²) in [4.78, 5) is 10.6. The first-order valence-electron chi connectivity index (χ1n) is 6.56. The first-order chi connectivity index (χ1) is 9.20. The van der Waals surface area contributed by atoms with Crippen LogP contribution < -0.4 is 5.32 Å². The molecule has 0 aromatic carbocycles. The number of hydrogen-bond donors (Lipinski definition) is 1. The number of anilines is 1. The average molecular weight is 338 g/mol. The summed E-state index contributed by atoms with van der Waals surface area (Å²) in [7, 11) is 0. The molecule has 0 radical (unpaired) electrons. The van der Waals surface area contributed by atoms with E-state index in [4.69, 9.17) is 4.98 Å². The van der Waals surface area contributed by atoms with Crippen molar-refractivity contribution in [2.24, 2.45) is 0 Å². The first-order valence-corrected chi connectivity index (χ1v) is 8.23. The molecule has 19 heavy (non-hydrogen) atoms. The van der Waals surface area contributed by atoms with Crippen LogP contribution in [0, 0.1) is 6.92 Å². The molecule has 1 aliphatic rings. The minimum Gasteiger partial charge on any atom is -0.369 e. The predicted octanol–water partition coefficient (Wildman–Crippen LogP) is 4.59. The highest BCUT2D eigenvalue weighted by Gasteiger charge is 2.29. The average Bonchev–Trinajstić information content (AvgIpc) is 3.14. The van der Waals surface area contributed by atoms with E-state index < -0.39 is 0 Å². The van der Waals surface area contributed by atoms with Gasteiger partial charge in [0.1, 0.15) is 5.82 Å². The van der Waals surface area contributed by atoms with E-state index in [1.54, 1.807) is 11.3 Å². The fourth-order valence-electron chi connectivity index (χ4n) is 2.08. The van der Waals surface area contributed by atoms with Crippen LogP contribution in [-0.2, 0) is 0 Å². The third kappa shape index (κ3) is 2.54. The van der Waals surface area contributed by atoms with Gasteiger partial charge in [-0.2, -0.15) is 0 Å². The SMILES string of the molecule is CCNc1nc(-c2sccc2C)nc(C2CC2)c1Br. The van der Waals surface area contributed by atoms with E-state index in [1.807, 2.05) is 0 Å². The molecular weight excluding hydrogens is 322 g/mol. The zero-order valence-corrected chi connectivity index (χ0v) is 13.4.